The zero-order valence-electron chi connectivity index (χ0n) is 26.3. The van der Waals surface area contributed by atoms with E-state index in [2.05, 4.69) is 42.6 Å². The summed E-state index contributed by atoms with van der Waals surface area (Å²) in [5.74, 6) is -0.238. The first-order chi connectivity index (χ1) is 20.4. The van der Waals surface area contributed by atoms with E-state index in [1.54, 1.807) is 12.4 Å². The second kappa shape index (κ2) is 12.6. The maximum Gasteiger partial charge on any atom is 0.316 e. The summed E-state index contributed by atoms with van der Waals surface area (Å²) in [6.07, 6.45) is 10.9. The quantitative estimate of drug-likeness (QED) is 0.225. The second-order valence-corrected chi connectivity index (χ2v) is 15.2. The number of aliphatic hydroxyl groups excluding tert-OH is 1. The fourth-order valence-corrected chi connectivity index (χ4v) is 9.62. The number of esters is 1. The van der Waals surface area contributed by atoms with E-state index in [4.69, 9.17) is 4.74 Å². The Balaban J connectivity index is 1.30. The largest absolute Gasteiger partial charge is 0.461 e. The molecule has 0 aromatic carbocycles. The Morgan fingerprint density at radius 1 is 1.21 bits per heavy atom. The lowest BCUT2D eigenvalue weighted by Gasteiger charge is -2.61. The minimum absolute atomic E-state index is 0.0638. The number of anilines is 1. The van der Waals surface area contributed by atoms with Gasteiger partial charge in [0.1, 0.15) is 11.9 Å². The van der Waals surface area contributed by atoms with Gasteiger partial charge in [-0.2, -0.15) is 0 Å². The molecule has 3 aliphatic carbocycles. The monoisotopic (exact) mass is 611 g/mol. The van der Waals surface area contributed by atoms with Crippen LogP contribution in [0.25, 0.3) is 0 Å². The Hall–Kier alpha value is -2.23. The Bertz CT molecular complexity index is 1240. The normalized spacial score (nSPS) is 38.0. The summed E-state index contributed by atoms with van der Waals surface area (Å²) in [5.41, 5.74) is -0.897. The van der Waals surface area contributed by atoms with Crippen molar-refractivity contribution in [1.29, 1.82) is 0 Å². The molecule has 4 fully saturated rings. The lowest BCUT2D eigenvalue weighted by Crippen LogP contribution is -2.63. The molecule has 0 radical (unpaired) electrons. The minimum Gasteiger partial charge on any atom is -0.461 e. The molecular weight excluding hydrogens is 562 g/mol. The van der Waals surface area contributed by atoms with Crippen molar-refractivity contribution in [2.24, 2.45) is 34.0 Å². The van der Waals surface area contributed by atoms with Crippen LogP contribution in [-0.2, 0) is 19.1 Å². The number of nitrogens with zero attached hydrogens (tertiary/aromatic N) is 2. The number of nitrogens with one attached hydrogen (secondary N) is 1. The van der Waals surface area contributed by atoms with Gasteiger partial charge >= 0.3 is 5.97 Å². The average Bonchev–Trinajstić information content (AvgIpc) is 3.35. The Morgan fingerprint density at radius 2 is 1.95 bits per heavy atom. The molecule has 2 heterocycles. The van der Waals surface area contributed by atoms with Gasteiger partial charge in [0.05, 0.1) is 30.3 Å². The molecule has 2 bridgehead atoms. The maximum absolute atomic E-state index is 13.6. The fraction of sp³-hybridized carbons (Fsp3) is 0.706. The van der Waals surface area contributed by atoms with Crippen molar-refractivity contribution in [3.05, 3.63) is 31.1 Å². The number of thioether (sulfide) groups is 1. The molecule has 2 N–H and O–H groups in total. The zero-order valence-corrected chi connectivity index (χ0v) is 27.1. The van der Waals surface area contributed by atoms with Crippen molar-refractivity contribution >= 4 is 35.1 Å². The first kappa shape index (κ1) is 32.2. The summed E-state index contributed by atoms with van der Waals surface area (Å²) < 4.78 is 6.35. The molecule has 0 spiro atoms. The van der Waals surface area contributed by atoms with Crippen molar-refractivity contribution in [2.75, 3.05) is 30.7 Å². The number of carbonyl (C=O) groups is 3. The topological polar surface area (TPSA) is 109 Å². The first-order valence-electron chi connectivity index (χ1n) is 16.1. The highest BCUT2D eigenvalue weighted by Gasteiger charge is 2.68. The molecule has 43 heavy (non-hydrogen) atoms. The van der Waals surface area contributed by atoms with Crippen LogP contribution in [0.2, 0.25) is 0 Å². The van der Waals surface area contributed by atoms with Crippen LogP contribution < -0.4 is 5.32 Å². The minimum atomic E-state index is -0.689. The number of pyridine rings is 1. The Labute approximate surface area is 260 Å². The van der Waals surface area contributed by atoms with Gasteiger partial charge in [-0.05, 0) is 74.9 Å². The number of amides is 1. The summed E-state index contributed by atoms with van der Waals surface area (Å²) in [4.78, 5) is 46.9. The Kier molecular flexibility index (Phi) is 9.46. The van der Waals surface area contributed by atoms with Gasteiger partial charge in [-0.1, -0.05) is 40.2 Å². The standard InChI is InChI=1S/C34H49N3O5S/c1-6-32(4)17-27(33(5)22(2)10-12-34(23(3)31(32)41)13-11-26(38)30(33)34)42-29(40)21-43-25-16-24(18-35-19-25)36-28(39)20-37-14-8-7-9-15-37/h6,16,18-19,22-23,27,30-31,41H,1,7-15,17,20-21H2,2-5H3,(H,36,39)/t22-,23+,27-,30+,31+,32-,33+,34+/m1/s1. The van der Waals surface area contributed by atoms with Gasteiger partial charge in [-0.25, -0.2) is 0 Å². The summed E-state index contributed by atoms with van der Waals surface area (Å²) in [6, 6.07) is 1.83. The van der Waals surface area contributed by atoms with E-state index >= 15 is 0 Å². The van der Waals surface area contributed by atoms with Crippen molar-refractivity contribution in [2.45, 2.75) is 96.2 Å². The number of rotatable bonds is 8. The zero-order chi connectivity index (χ0) is 31.0. The molecule has 8 atom stereocenters. The van der Waals surface area contributed by atoms with Crippen molar-refractivity contribution in [3.8, 4) is 0 Å². The van der Waals surface area contributed by atoms with E-state index in [-0.39, 0.29) is 46.6 Å². The third-order valence-corrected chi connectivity index (χ3v) is 12.7. The molecule has 4 aliphatic rings. The average molecular weight is 612 g/mol. The lowest BCUT2D eigenvalue weighted by atomic mass is 9.44. The van der Waals surface area contributed by atoms with E-state index in [9.17, 15) is 19.5 Å². The van der Waals surface area contributed by atoms with Crippen LogP contribution in [0.4, 0.5) is 5.69 Å². The maximum atomic E-state index is 13.6. The van der Waals surface area contributed by atoms with Gasteiger partial charge in [-0.15, -0.1) is 18.3 Å². The second-order valence-electron chi connectivity index (χ2n) is 14.1. The highest BCUT2D eigenvalue weighted by Crippen LogP contribution is 2.68. The van der Waals surface area contributed by atoms with Gasteiger partial charge in [0.2, 0.25) is 5.91 Å². The van der Waals surface area contributed by atoms with Crippen LogP contribution >= 0.6 is 11.8 Å². The summed E-state index contributed by atoms with van der Waals surface area (Å²) in [5, 5.41) is 14.6. The molecule has 236 valence electrons. The predicted octanol–water partition coefficient (Wildman–Crippen LogP) is 5.50. The molecule has 5 rings (SSSR count). The number of carbonyl (C=O) groups excluding carboxylic acids is 3. The number of Topliss-reactive ketones (excluding diaryl/α,β-unsaturated/α-hetero) is 1. The highest BCUT2D eigenvalue weighted by molar-refractivity contribution is 8.00. The molecule has 1 amide bonds. The molecule has 1 aliphatic heterocycles. The predicted molar refractivity (Wildman–Crippen MR) is 169 cm³/mol. The van der Waals surface area contributed by atoms with Crippen LogP contribution in [-0.4, -0.2) is 70.2 Å². The van der Waals surface area contributed by atoms with E-state index in [0.29, 0.717) is 25.1 Å². The molecule has 9 heteroatoms. The van der Waals surface area contributed by atoms with Crippen LogP contribution in [0.5, 0.6) is 0 Å². The molecule has 3 saturated carbocycles. The Morgan fingerprint density at radius 3 is 2.67 bits per heavy atom. The molecule has 8 nitrogen and oxygen atoms in total. The molecule has 1 aromatic heterocycles. The first-order valence-corrected chi connectivity index (χ1v) is 17.1. The highest BCUT2D eigenvalue weighted by atomic mass is 32.2. The number of ether oxygens (including phenoxy) is 1. The van der Waals surface area contributed by atoms with Crippen LogP contribution in [0, 0.1) is 34.0 Å². The van der Waals surface area contributed by atoms with Gasteiger partial charge in [0, 0.05) is 34.3 Å². The number of aromatic nitrogens is 1. The lowest BCUT2D eigenvalue weighted by molar-refractivity contribution is -0.205. The van der Waals surface area contributed by atoms with Crippen LogP contribution in [0.3, 0.4) is 0 Å². The number of hydrogen-bond acceptors (Lipinski definition) is 8. The van der Waals surface area contributed by atoms with Crippen molar-refractivity contribution < 1.29 is 24.2 Å². The van der Waals surface area contributed by atoms with E-state index < -0.39 is 23.0 Å². The third kappa shape index (κ3) is 6.06. The number of ketones is 1. The smallest absolute Gasteiger partial charge is 0.316 e. The fourth-order valence-electron chi connectivity index (χ4n) is 8.92. The van der Waals surface area contributed by atoms with Gasteiger partial charge in [0.15, 0.2) is 0 Å². The molecule has 0 unspecified atom stereocenters. The van der Waals surface area contributed by atoms with Crippen molar-refractivity contribution in [1.82, 2.24) is 9.88 Å². The summed E-state index contributed by atoms with van der Waals surface area (Å²) in [6.45, 7) is 14.8. The van der Waals surface area contributed by atoms with Crippen molar-refractivity contribution in [3.63, 3.8) is 0 Å². The summed E-state index contributed by atoms with van der Waals surface area (Å²) in [7, 11) is 0. The van der Waals surface area contributed by atoms with Crippen LogP contribution in [0.1, 0.15) is 79.1 Å². The van der Waals surface area contributed by atoms with E-state index in [1.165, 1.54) is 18.2 Å². The van der Waals surface area contributed by atoms with Gasteiger partial charge < -0.3 is 15.2 Å². The third-order valence-electron chi connectivity index (χ3n) is 11.7. The van der Waals surface area contributed by atoms with Gasteiger partial charge in [0.25, 0.3) is 0 Å². The molecule has 1 saturated heterocycles. The number of likely N-dealkylation sites (tertiary alicyclic amines) is 1. The summed E-state index contributed by atoms with van der Waals surface area (Å²) >= 11 is 1.32. The van der Waals surface area contributed by atoms with E-state index in [1.807, 2.05) is 19.1 Å². The number of piperidine rings is 1. The SMILES string of the molecule is C=C[C@]1(C)C[C@@H](OC(=O)CSc2cncc(NC(=O)CN3CCCCC3)c2)[C@]2(C)[C@H](C)CC[C@]3(CCC(=O)[C@H]32)[C@@H](C)[C@@H]1O. The molecular formula is C34H49N3O5S. The number of aliphatic hydroxyl groups is 1. The van der Waals surface area contributed by atoms with E-state index in [0.717, 1.165) is 50.1 Å². The number of hydrogen-bond donors (Lipinski definition) is 2. The molecule has 1 aromatic rings. The van der Waals surface area contributed by atoms with Gasteiger partial charge in [-0.3, -0.25) is 24.3 Å². The van der Waals surface area contributed by atoms with Crippen LogP contribution in [0.15, 0.2) is 36.0 Å².